The lowest BCUT2D eigenvalue weighted by atomic mass is 10.0. The van der Waals surface area contributed by atoms with Crippen LogP contribution in [-0.4, -0.2) is 32.7 Å². The van der Waals surface area contributed by atoms with Gasteiger partial charge in [-0.25, -0.2) is 15.0 Å². The first-order chi connectivity index (χ1) is 8.68. The fourth-order valence-electron chi connectivity index (χ4n) is 1.71. The van der Waals surface area contributed by atoms with Crippen LogP contribution in [0.15, 0.2) is 24.7 Å². The number of nitrogens with one attached hydrogen (secondary N) is 1. The molecular weight excluding hydrogens is 228 g/mol. The second kappa shape index (κ2) is 5.73. The lowest BCUT2D eigenvalue weighted by molar-refractivity contribution is 0.120. The van der Waals surface area contributed by atoms with E-state index in [2.05, 4.69) is 20.3 Å². The first kappa shape index (κ1) is 12.7. The van der Waals surface area contributed by atoms with E-state index in [1.807, 2.05) is 26.0 Å². The molecule has 0 amide bonds. The molecule has 0 saturated carbocycles. The van der Waals surface area contributed by atoms with Crippen LogP contribution >= 0.6 is 0 Å². The zero-order chi connectivity index (χ0) is 13.0. The van der Waals surface area contributed by atoms with Gasteiger partial charge in [0.15, 0.2) is 5.65 Å². The van der Waals surface area contributed by atoms with Crippen molar-refractivity contribution in [2.45, 2.75) is 26.4 Å². The summed E-state index contributed by atoms with van der Waals surface area (Å²) in [6.45, 7) is 4.70. The van der Waals surface area contributed by atoms with Gasteiger partial charge in [0, 0.05) is 12.7 Å². The van der Waals surface area contributed by atoms with Crippen molar-refractivity contribution in [1.29, 1.82) is 0 Å². The van der Waals surface area contributed by atoms with Gasteiger partial charge in [-0.05, 0) is 24.5 Å². The van der Waals surface area contributed by atoms with E-state index in [1.165, 1.54) is 6.33 Å². The Hall–Kier alpha value is -1.75. The third-order valence-corrected chi connectivity index (χ3v) is 2.91. The Balaban J connectivity index is 2.04. The topological polar surface area (TPSA) is 70.9 Å². The number of aliphatic hydroxyl groups is 1. The molecule has 1 atom stereocenters. The molecule has 2 heterocycles. The minimum absolute atomic E-state index is 0.274. The van der Waals surface area contributed by atoms with Gasteiger partial charge < -0.3 is 10.4 Å². The highest BCUT2D eigenvalue weighted by Crippen LogP contribution is 2.16. The predicted molar refractivity (Wildman–Crippen MR) is 71.3 cm³/mol. The third-order valence-electron chi connectivity index (χ3n) is 2.91. The van der Waals surface area contributed by atoms with Crippen LogP contribution in [0.25, 0.3) is 11.0 Å². The second-order valence-electron chi connectivity index (χ2n) is 4.62. The standard InChI is InChI=1S/C13H18N4O/c1-9(2)11(18)5-7-15-13-10-4-3-6-14-12(10)16-8-17-13/h3-4,6,8-9,11,18H,5,7H2,1-2H3,(H,14,15,16,17). The molecule has 2 aromatic rings. The molecule has 96 valence electrons. The summed E-state index contributed by atoms with van der Waals surface area (Å²) >= 11 is 0. The van der Waals surface area contributed by atoms with Crippen LogP contribution in [0.3, 0.4) is 0 Å². The summed E-state index contributed by atoms with van der Waals surface area (Å²) in [6, 6.07) is 3.80. The summed E-state index contributed by atoms with van der Waals surface area (Å²) in [7, 11) is 0. The lowest BCUT2D eigenvalue weighted by Gasteiger charge is -2.15. The SMILES string of the molecule is CC(C)C(O)CCNc1ncnc2ncccc12. The number of rotatable bonds is 5. The summed E-state index contributed by atoms with van der Waals surface area (Å²) in [4.78, 5) is 12.5. The molecule has 2 aromatic heterocycles. The molecule has 0 aliphatic rings. The molecule has 0 radical (unpaired) electrons. The Morgan fingerprint density at radius 1 is 1.28 bits per heavy atom. The smallest absolute Gasteiger partial charge is 0.164 e. The van der Waals surface area contributed by atoms with Crippen LogP contribution in [0.2, 0.25) is 0 Å². The van der Waals surface area contributed by atoms with E-state index in [9.17, 15) is 5.11 Å². The van der Waals surface area contributed by atoms with Crippen molar-refractivity contribution in [1.82, 2.24) is 15.0 Å². The van der Waals surface area contributed by atoms with Crippen molar-refractivity contribution in [3.8, 4) is 0 Å². The van der Waals surface area contributed by atoms with Crippen molar-refractivity contribution in [2.24, 2.45) is 5.92 Å². The summed E-state index contributed by atoms with van der Waals surface area (Å²) < 4.78 is 0. The molecule has 0 spiro atoms. The molecule has 0 aliphatic carbocycles. The van der Waals surface area contributed by atoms with Crippen molar-refractivity contribution in [2.75, 3.05) is 11.9 Å². The quantitative estimate of drug-likeness (QED) is 0.842. The van der Waals surface area contributed by atoms with Gasteiger partial charge in [-0.15, -0.1) is 0 Å². The summed E-state index contributed by atoms with van der Waals surface area (Å²) in [5.41, 5.74) is 0.680. The van der Waals surface area contributed by atoms with E-state index in [-0.39, 0.29) is 12.0 Å². The highest BCUT2D eigenvalue weighted by Gasteiger charge is 2.09. The Morgan fingerprint density at radius 2 is 2.11 bits per heavy atom. The molecule has 2 N–H and O–H groups in total. The van der Waals surface area contributed by atoms with Crippen LogP contribution < -0.4 is 5.32 Å². The number of hydrogen-bond donors (Lipinski definition) is 2. The van der Waals surface area contributed by atoms with E-state index in [1.54, 1.807) is 6.20 Å². The number of fused-ring (bicyclic) bond motifs is 1. The maximum Gasteiger partial charge on any atom is 0.164 e. The van der Waals surface area contributed by atoms with E-state index in [0.717, 1.165) is 11.2 Å². The average molecular weight is 246 g/mol. The Labute approximate surface area is 106 Å². The van der Waals surface area contributed by atoms with Crippen LogP contribution in [0, 0.1) is 5.92 Å². The molecule has 5 heteroatoms. The molecule has 0 fully saturated rings. The summed E-state index contributed by atoms with van der Waals surface area (Å²) in [5, 5.41) is 13.9. The number of aromatic nitrogens is 3. The largest absolute Gasteiger partial charge is 0.393 e. The Kier molecular flexibility index (Phi) is 4.04. The number of nitrogens with zero attached hydrogens (tertiary/aromatic N) is 3. The summed E-state index contributed by atoms with van der Waals surface area (Å²) in [5.74, 6) is 1.04. The number of anilines is 1. The highest BCUT2D eigenvalue weighted by atomic mass is 16.3. The van der Waals surface area contributed by atoms with Gasteiger partial charge in [-0.2, -0.15) is 0 Å². The molecule has 0 saturated heterocycles. The maximum atomic E-state index is 9.73. The van der Waals surface area contributed by atoms with Crippen LogP contribution in [-0.2, 0) is 0 Å². The fraction of sp³-hybridized carbons (Fsp3) is 0.462. The van der Waals surface area contributed by atoms with E-state index < -0.39 is 0 Å². The zero-order valence-corrected chi connectivity index (χ0v) is 10.7. The van der Waals surface area contributed by atoms with E-state index >= 15 is 0 Å². The Morgan fingerprint density at radius 3 is 2.89 bits per heavy atom. The summed E-state index contributed by atoms with van der Waals surface area (Å²) in [6.07, 6.45) is 3.62. The third kappa shape index (κ3) is 2.92. The van der Waals surface area contributed by atoms with Gasteiger partial charge in [0.25, 0.3) is 0 Å². The number of hydrogen-bond acceptors (Lipinski definition) is 5. The van der Waals surface area contributed by atoms with Gasteiger partial charge in [0.2, 0.25) is 0 Å². The molecule has 18 heavy (non-hydrogen) atoms. The number of pyridine rings is 1. The van der Waals surface area contributed by atoms with Crippen LogP contribution in [0.5, 0.6) is 0 Å². The van der Waals surface area contributed by atoms with E-state index in [4.69, 9.17) is 0 Å². The van der Waals surface area contributed by atoms with Crippen molar-refractivity contribution < 1.29 is 5.11 Å². The molecule has 1 unspecified atom stereocenters. The maximum absolute atomic E-state index is 9.73. The molecule has 0 bridgehead atoms. The average Bonchev–Trinajstić information content (AvgIpc) is 2.38. The van der Waals surface area contributed by atoms with Crippen molar-refractivity contribution in [3.05, 3.63) is 24.7 Å². The zero-order valence-electron chi connectivity index (χ0n) is 10.7. The highest BCUT2D eigenvalue weighted by molar-refractivity contribution is 5.85. The van der Waals surface area contributed by atoms with Gasteiger partial charge in [-0.3, -0.25) is 0 Å². The molecule has 2 rings (SSSR count). The fourth-order valence-corrected chi connectivity index (χ4v) is 1.71. The molecular formula is C13H18N4O. The predicted octanol–water partition coefficient (Wildman–Crippen LogP) is 1.84. The minimum Gasteiger partial charge on any atom is -0.393 e. The van der Waals surface area contributed by atoms with Gasteiger partial charge >= 0.3 is 0 Å². The lowest BCUT2D eigenvalue weighted by Crippen LogP contribution is -2.19. The van der Waals surface area contributed by atoms with Crippen molar-refractivity contribution in [3.63, 3.8) is 0 Å². The van der Waals surface area contributed by atoms with Gasteiger partial charge in [0.1, 0.15) is 12.1 Å². The molecule has 0 aromatic carbocycles. The monoisotopic (exact) mass is 246 g/mol. The van der Waals surface area contributed by atoms with Gasteiger partial charge in [0.05, 0.1) is 11.5 Å². The number of aliphatic hydroxyl groups excluding tert-OH is 1. The molecule has 0 aliphatic heterocycles. The molecule has 5 nitrogen and oxygen atoms in total. The van der Waals surface area contributed by atoms with Crippen LogP contribution in [0.1, 0.15) is 20.3 Å². The second-order valence-corrected chi connectivity index (χ2v) is 4.62. The van der Waals surface area contributed by atoms with Crippen molar-refractivity contribution >= 4 is 16.9 Å². The van der Waals surface area contributed by atoms with E-state index in [0.29, 0.717) is 18.6 Å². The first-order valence-electron chi connectivity index (χ1n) is 6.16. The first-order valence-corrected chi connectivity index (χ1v) is 6.16. The Bertz CT molecular complexity index is 510. The minimum atomic E-state index is -0.288. The van der Waals surface area contributed by atoms with Crippen LogP contribution in [0.4, 0.5) is 5.82 Å². The normalized spacial score (nSPS) is 12.9. The van der Waals surface area contributed by atoms with Gasteiger partial charge in [-0.1, -0.05) is 13.8 Å².